The first-order valence-corrected chi connectivity index (χ1v) is 10.5. The van der Waals surface area contributed by atoms with E-state index in [0.717, 1.165) is 27.4 Å². The Morgan fingerprint density at radius 2 is 1.78 bits per heavy atom. The number of aromatic carboxylic acids is 1. The average Bonchev–Trinajstić information content (AvgIpc) is 3.37. The summed E-state index contributed by atoms with van der Waals surface area (Å²) in [5.74, 6) is -1.01. The number of carbonyl (C=O) groups is 1. The van der Waals surface area contributed by atoms with E-state index in [-0.39, 0.29) is 24.7 Å². The molecule has 2 atom stereocenters. The number of aryl methyl sites for hydroxylation is 1. The van der Waals surface area contributed by atoms with E-state index in [0.29, 0.717) is 18.7 Å². The first kappa shape index (κ1) is 22.3. The Hall–Kier alpha value is -2.85. The smallest absolute Gasteiger partial charge is 0.336 e. The Morgan fingerprint density at radius 3 is 2.34 bits per heavy atom. The van der Waals surface area contributed by atoms with Crippen LogP contribution in [-0.2, 0) is 7.05 Å². The maximum atomic E-state index is 13.7. The maximum absolute atomic E-state index is 13.7. The van der Waals surface area contributed by atoms with Crippen LogP contribution in [0.15, 0.2) is 30.6 Å². The van der Waals surface area contributed by atoms with Crippen molar-refractivity contribution in [3.63, 3.8) is 0 Å². The van der Waals surface area contributed by atoms with Gasteiger partial charge in [-0.1, -0.05) is 0 Å². The first-order valence-electron chi connectivity index (χ1n) is 10.5. The second-order valence-corrected chi connectivity index (χ2v) is 8.19. The largest absolute Gasteiger partial charge is 0.478 e. The Balaban J connectivity index is 1.72. The van der Waals surface area contributed by atoms with E-state index >= 15 is 0 Å². The van der Waals surface area contributed by atoms with Crippen LogP contribution in [0.1, 0.15) is 34.6 Å². The van der Waals surface area contributed by atoms with Gasteiger partial charge in [-0.15, -0.1) is 0 Å². The van der Waals surface area contributed by atoms with E-state index < -0.39 is 18.7 Å². The summed E-state index contributed by atoms with van der Waals surface area (Å²) < 4.78 is 42.9. The maximum Gasteiger partial charge on any atom is 0.336 e. The molecular formula is C22H26F3N5O2. The molecule has 1 fully saturated rings. The normalized spacial score (nSPS) is 17.8. The fraction of sp³-hybridized carbons (Fsp3) is 0.455. The molecule has 172 valence electrons. The summed E-state index contributed by atoms with van der Waals surface area (Å²) in [5, 5.41) is 14.0. The fourth-order valence-corrected chi connectivity index (χ4v) is 4.61. The zero-order valence-electron chi connectivity index (χ0n) is 18.2. The van der Waals surface area contributed by atoms with Gasteiger partial charge < -0.3 is 9.51 Å². The molecule has 10 heteroatoms. The van der Waals surface area contributed by atoms with Crippen LogP contribution >= 0.6 is 0 Å². The number of hydrogen-bond acceptors (Lipinski definition) is 4. The van der Waals surface area contributed by atoms with Crippen LogP contribution in [-0.4, -0.2) is 74.0 Å². The molecule has 2 unspecified atom stereocenters. The lowest BCUT2D eigenvalue weighted by Gasteiger charge is -2.39. The highest BCUT2D eigenvalue weighted by atomic mass is 19.3. The molecule has 1 saturated heterocycles. The van der Waals surface area contributed by atoms with Crippen molar-refractivity contribution in [2.24, 2.45) is 7.05 Å². The van der Waals surface area contributed by atoms with E-state index in [1.54, 1.807) is 23.9 Å². The molecule has 7 nitrogen and oxygen atoms in total. The second kappa shape index (κ2) is 8.59. The zero-order valence-corrected chi connectivity index (χ0v) is 18.2. The number of alkyl halides is 3. The average molecular weight is 449 g/mol. The number of pyridine rings is 1. The molecule has 0 bridgehead atoms. The van der Waals surface area contributed by atoms with Gasteiger partial charge in [-0.3, -0.25) is 14.5 Å². The molecule has 0 saturated carbocycles. The van der Waals surface area contributed by atoms with Gasteiger partial charge in [-0.2, -0.15) is 5.10 Å². The highest BCUT2D eigenvalue weighted by molar-refractivity contribution is 5.91. The van der Waals surface area contributed by atoms with Crippen LogP contribution in [0, 0.1) is 6.92 Å². The molecule has 0 spiro atoms. The van der Waals surface area contributed by atoms with E-state index in [9.17, 15) is 23.1 Å². The number of fused-ring (bicyclic) bond motifs is 1. The molecule has 0 aliphatic carbocycles. The topological polar surface area (TPSA) is 66.0 Å². The van der Waals surface area contributed by atoms with Gasteiger partial charge >= 0.3 is 5.97 Å². The van der Waals surface area contributed by atoms with Gasteiger partial charge in [0.15, 0.2) is 0 Å². The predicted octanol–water partition coefficient (Wildman–Crippen LogP) is 3.59. The summed E-state index contributed by atoms with van der Waals surface area (Å²) in [6, 6.07) is 5.27. The van der Waals surface area contributed by atoms with Crippen molar-refractivity contribution in [2.45, 2.75) is 32.6 Å². The van der Waals surface area contributed by atoms with Crippen LogP contribution in [0.5, 0.6) is 0 Å². The molecule has 4 rings (SSSR count). The summed E-state index contributed by atoms with van der Waals surface area (Å²) in [6.45, 7) is 4.92. The molecule has 3 aromatic heterocycles. The Morgan fingerprint density at radius 1 is 1.12 bits per heavy atom. The molecule has 0 aromatic carbocycles. The number of aromatic nitrogens is 3. The van der Waals surface area contributed by atoms with Crippen LogP contribution in [0.4, 0.5) is 13.2 Å². The van der Waals surface area contributed by atoms with Crippen LogP contribution < -0.4 is 0 Å². The van der Waals surface area contributed by atoms with Crippen LogP contribution in [0.3, 0.4) is 0 Å². The number of rotatable bonds is 6. The summed E-state index contributed by atoms with van der Waals surface area (Å²) in [6.07, 6.45) is -1.63. The number of halogens is 3. The molecule has 4 heterocycles. The molecule has 1 aliphatic rings. The predicted molar refractivity (Wildman–Crippen MR) is 114 cm³/mol. The van der Waals surface area contributed by atoms with Gasteiger partial charge in [0.2, 0.25) is 6.30 Å². The van der Waals surface area contributed by atoms with Crippen molar-refractivity contribution in [3.05, 3.63) is 47.4 Å². The van der Waals surface area contributed by atoms with Crippen molar-refractivity contribution in [3.8, 4) is 11.3 Å². The third kappa shape index (κ3) is 3.88. The van der Waals surface area contributed by atoms with Crippen molar-refractivity contribution in [2.75, 3.05) is 26.2 Å². The highest BCUT2D eigenvalue weighted by Crippen LogP contribution is 2.32. The Bertz CT molecular complexity index is 1130. The minimum Gasteiger partial charge on any atom is -0.478 e. The van der Waals surface area contributed by atoms with Gasteiger partial charge in [0.25, 0.3) is 6.43 Å². The lowest BCUT2D eigenvalue weighted by molar-refractivity contribution is -0.0688. The van der Waals surface area contributed by atoms with Gasteiger partial charge in [0.05, 0.1) is 11.3 Å². The van der Waals surface area contributed by atoms with E-state index in [2.05, 4.69) is 10.00 Å². The van der Waals surface area contributed by atoms with Gasteiger partial charge in [-0.25, -0.2) is 18.0 Å². The summed E-state index contributed by atoms with van der Waals surface area (Å²) in [4.78, 5) is 15.2. The van der Waals surface area contributed by atoms with Gasteiger partial charge in [0, 0.05) is 68.4 Å². The summed E-state index contributed by atoms with van der Waals surface area (Å²) in [7, 11) is 1.84. The lowest BCUT2D eigenvalue weighted by Crippen LogP contribution is -2.51. The fourth-order valence-electron chi connectivity index (χ4n) is 4.61. The van der Waals surface area contributed by atoms with Crippen molar-refractivity contribution < 1.29 is 23.1 Å². The SMILES string of the molecule is Cc1c(C(=O)O)cc2cc(-c3ccnn3C)cn2c1C(C)N1CCN(C(F)C(F)F)CC1. The zero-order chi connectivity index (χ0) is 23.2. The third-order valence-corrected chi connectivity index (χ3v) is 6.39. The Kier molecular flexibility index (Phi) is 6.00. The minimum absolute atomic E-state index is 0.183. The number of piperazine rings is 1. The lowest BCUT2D eigenvalue weighted by atomic mass is 10.0. The van der Waals surface area contributed by atoms with Crippen molar-refractivity contribution in [1.29, 1.82) is 0 Å². The molecule has 1 N–H and O–H groups in total. The number of hydrogen-bond donors (Lipinski definition) is 1. The van der Waals surface area contributed by atoms with Crippen LogP contribution in [0.2, 0.25) is 0 Å². The molecule has 1 aliphatic heterocycles. The van der Waals surface area contributed by atoms with E-state index in [1.165, 1.54) is 0 Å². The standard InChI is InChI=1S/C22H26F3N5O2/c1-13-17(22(31)32)11-16-10-15(18-4-5-26-27(18)3)12-30(16)19(13)14(2)28-6-8-29(9-7-28)21(25)20(23)24/h4-5,10-12,14,20-21H,6-9H2,1-3H3,(H,31,32). The molecule has 0 radical (unpaired) electrons. The molecule has 32 heavy (non-hydrogen) atoms. The monoisotopic (exact) mass is 449 g/mol. The summed E-state index contributed by atoms with van der Waals surface area (Å²) in [5.41, 5.74) is 4.22. The number of nitrogens with zero attached hydrogens (tertiary/aromatic N) is 5. The number of carboxylic acids is 1. The van der Waals surface area contributed by atoms with Gasteiger partial charge in [0.1, 0.15) is 0 Å². The van der Waals surface area contributed by atoms with E-state index in [1.807, 2.05) is 36.7 Å². The minimum atomic E-state index is -3.03. The number of carboxylic acid groups (broad SMARTS) is 1. The molecule has 3 aromatic rings. The van der Waals surface area contributed by atoms with Crippen molar-refractivity contribution >= 4 is 11.5 Å². The third-order valence-electron chi connectivity index (χ3n) is 6.39. The summed E-state index contributed by atoms with van der Waals surface area (Å²) >= 11 is 0. The first-order chi connectivity index (χ1) is 15.2. The highest BCUT2D eigenvalue weighted by Gasteiger charge is 2.32. The van der Waals surface area contributed by atoms with Crippen LogP contribution in [0.25, 0.3) is 16.8 Å². The Labute approximate surface area is 183 Å². The second-order valence-electron chi connectivity index (χ2n) is 8.19. The van der Waals surface area contributed by atoms with Gasteiger partial charge in [-0.05, 0) is 37.6 Å². The molecular weight excluding hydrogens is 423 g/mol. The van der Waals surface area contributed by atoms with E-state index in [4.69, 9.17) is 0 Å². The molecule has 0 amide bonds. The quantitative estimate of drug-likeness (QED) is 0.583. The van der Waals surface area contributed by atoms with Crippen molar-refractivity contribution in [1.82, 2.24) is 24.0 Å².